The molecule has 5 nitrogen and oxygen atoms in total. The molecule has 0 bridgehead atoms. The molecule has 1 fully saturated rings. The first-order valence-electron chi connectivity index (χ1n) is 5.14. The van der Waals surface area contributed by atoms with Crippen molar-refractivity contribution >= 4 is 17.5 Å². The van der Waals surface area contributed by atoms with Gasteiger partial charge in [0.05, 0.1) is 5.57 Å². The summed E-state index contributed by atoms with van der Waals surface area (Å²) < 4.78 is 4.95. The standard InChI is InChI=1S/C11H9NO4/c13-9-8-6-2-1-4-12(6)5-3-7(8)16-11(15)10(9)14/h1-2,7H,3-5H2. The molecule has 3 aliphatic heterocycles. The molecule has 3 aliphatic rings. The van der Waals surface area contributed by atoms with Gasteiger partial charge in [-0.3, -0.25) is 9.59 Å². The van der Waals surface area contributed by atoms with Crippen LogP contribution in [-0.4, -0.2) is 41.6 Å². The Labute approximate surface area is 91.3 Å². The highest BCUT2D eigenvalue weighted by atomic mass is 16.6. The maximum atomic E-state index is 11.7. The van der Waals surface area contributed by atoms with E-state index in [4.69, 9.17) is 4.74 Å². The van der Waals surface area contributed by atoms with Gasteiger partial charge in [0.15, 0.2) is 0 Å². The maximum absolute atomic E-state index is 11.7. The lowest BCUT2D eigenvalue weighted by Gasteiger charge is -2.34. The molecule has 3 heterocycles. The first-order chi connectivity index (χ1) is 7.68. The molecular formula is C11H9NO4. The predicted molar refractivity (Wildman–Crippen MR) is 52.3 cm³/mol. The highest BCUT2D eigenvalue weighted by Crippen LogP contribution is 2.31. The third kappa shape index (κ3) is 1.08. The van der Waals surface area contributed by atoms with E-state index in [2.05, 4.69) is 0 Å². The number of allylic oxidation sites excluding steroid dienone is 1. The maximum Gasteiger partial charge on any atom is 0.383 e. The molecule has 1 atom stereocenters. The average molecular weight is 219 g/mol. The van der Waals surface area contributed by atoms with Gasteiger partial charge in [0, 0.05) is 25.2 Å². The summed E-state index contributed by atoms with van der Waals surface area (Å²) in [7, 11) is 0. The Morgan fingerprint density at radius 3 is 2.88 bits per heavy atom. The number of ketones is 2. The monoisotopic (exact) mass is 219 g/mol. The number of rotatable bonds is 0. The van der Waals surface area contributed by atoms with Crippen molar-refractivity contribution < 1.29 is 19.1 Å². The summed E-state index contributed by atoms with van der Waals surface area (Å²) in [5.74, 6) is -2.77. The van der Waals surface area contributed by atoms with Gasteiger partial charge >= 0.3 is 11.8 Å². The third-order valence-corrected chi connectivity index (χ3v) is 3.09. The fourth-order valence-electron chi connectivity index (χ4n) is 2.33. The Balaban J connectivity index is 2.12. The van der Waals surface area contributed by atoms with Gasteiger partial charge in [0.25, 0.3) is 0 Å². The van der Waals surface area contributed by atoms with Crippen molar-refractivity contribution in [1.82, 2.24) is 4.90 Å². The Kier molecular flexibility index (Phi) is 1.77. The van der Waals surface area contributed by atoms with E-state index in [0.29, 0.717) is 12.0 Å². The van der Waals surface area contributed by atoms with Crippen LogP contribution in [0, 0.1) is 0 Å². The van der Waals surface area contributed by atoms with Crippen LogP contribution >= 0.6 is 0 Å². The van der Waals surface area contributed by atoms with E-state index in [9.17, 15) is 14.4 Å². The summed E-state index contributed by atoms with van der Waals surface area (Å²) in [5.41, 5.74) is 1.09. The fraction of sp³-hybridized carbons (Fsp3) is 0.364. The number of hydrogen-bond donors (Lipinski definition) is 0. The summed E-state index contributed by atoms with van der Waals surface area (Å²) in [4.78, 5) is 36.1. The summed E-state index contributed by atoms with van der Waals surface area (Å²) in [6, 6.07) is 0. The molecule has 5 heteroatoms. The number of carbonyl (C=O) groups is 3. The number of nitrogens with zero attached hydrogens (tertiary/aromatic N) is 1. The Morgan fingerprint density at radius 1 is 1.25 bits per heavy atom. The minimum atomic E-state index is -1.05. The van der Waals surface area contributed by atoms with Gasteiger partial charge in [-0.05, 0) is 6.08 Å². The van der Waals surface area contributed by atoms with Gasteiger partial charge in [-0.25, -0.2) is 4.79 Å². The zero-order valence-electron chi connectivity index (χ0n) is 8.43. The van der Waals surface area contributed by atoms with E-state index in [0.717, 1.165) is 18.8 Å². The molecule has 0 aromatic heterocycles. The van der Waals surface area contributed by atoms with Crippen LogP contribution in [-0.2, 0) is 19.1 Å². The summed E-state index contributed by atoms with van der Waals surface area (Å²) in [5, 5.41) is 0. The van der Waals surface area contributed by atoms with Crippen molar-refractivity contribution in [2.24, 2.45) is 0 Å². The quantitative estimate of drug-likeness (QED) is 0.409. The molecule has 0 amide bonds. The smallest absolute Gasteiger partial charge is 0.383 e. The van der Waals surface area contributed by atoms with Crippen LogP contribution in [0.3, 0.4) is 0 Å². The Hall–Kier alpha value is -1.91. The topological polar surface area (TPSA) is 63.7 Å². The number of ether oxygens (including phenoxy) is 1. The lowest BCUT2D eigenvalue weighted by atomic mass is 9.91. The average Bonchev–Trinajstić information content (AvgIpc) is 2.73. The Morgan fingerprint density at radius 2 is 2.06 bits per heavy atom. The first-order valence-corrected chi connectivity index (χ1v) is 5.14. The molecule has 0 radical (unpaired) electrons. The van der Waals surface area contributed by atoms with Gasteiger partial charge < -0.3 is 9.64 Å². The number of Topliss-reactive ketones (excluding diaryl/α,β-unsaturated/α-hetero) is 2. The molecule has 0 aliphatic carbocycles. The van der Waals surface area contributed by atoms with E-state index < -0.39 is 23.6 Å². The summed E-state index contributed by atoms with van der Waals surface area (Å²) in [6.07, 6.45) is 3.78. The van der Waals surface area contributed by atoms with Crippen molar-refractivity contribution in [3.8, 4) is 0 Å². The van der Waals surface area contributed by atoms with E-state index in [1.807, 2.05) is 17.1 Å². The second kappa shape index (κ2) is 3.04. The van der Waals surface area contributed by atoms with Gasteiger partial charge in [0.1, 0.15) is 6.10 Å². The highest BCUT2D eigenvalue weighted by Gasteiger charge is 2.44. The van der Waals surface area contributed by atoms with Gasteiger partial charge in [0.2, 0.25) is 5.78 Å². The number of fused-ring (bicyclic) bond motifs is 2. The molecule has 0 aromatic carbocycles. The minimum Gasteiger partial charge on any atom is -0.451 e. The van der Waals surface area contributed by atoms with Crippen molar-refractivity contribution in [3.05, 3.63) is 23.4 Å². The molecule has 16 heavy (non-hydrogen) atoms. The second-order valence-electron chi connectivity index (χ2n) is 3.99. The van der Waals surface area contributed by atoms with Crippen LogP contribution in [0.15, 0.2) is 23.4 Å². The van der Waals surface area contributed by atoms with Crippen molar-refractivity contribution in [1.29, 1.82) is 0 Å². The number of esters is 1. The van der Waals surface area contributed by atoms with Crippen LogP contribution in [0.25, 0.3) is 0 Å². The van der Waals surface area contributed by atoms with Crippen LogP contribution in [0.1, 0.15) is 6.42 Å². The summed E-state index contributed by atoms with van der Waals surface area (Å²) in [6.45, 7) is 1.49. The number of hydrogen-bond acceptors (Lipinski definition) is 5. The lowest BCUT2D eigenvalue weighted by molar-refractivity contribution is -0.163. The molecule has 0 saturated carbocycles. The van der Waals surface area contributed by atoms with Crippen molar-refractivity contribution in [3.63, 3.8) is 0 Å². The largest absolute Gasteiger partial charge is 0.451 e. The third-order valence-electron chi connectivity index (χ3n) is 3.09. The molecule has 1 unspecified atom stereocenters. The zero-order valence-corrected chi connectivity index (χ0v) is 8.43. The number of carbonyl (C=O) groups excluding carboxylic acids is 3. The lowest BCUT2D eigenvalue weighted by Crippen LogP contribution is -2.46. The van der Waals surface area contributed by atoms with Gasteiger partial charge in [-0.15, -0.1) is 0 Å². The highest BCUT2D eigenvalue weighted by molar-refractivity contribution is 6.66. The van der Waals surface area contributed by atoms with Crippen molar-refractivity contribution in [2.75, 3.05) is 13.1 Å². The molecule has 0 N–H and O–H groups in total. The second-order valence-corrected chi connectivity index (χ2v) is 3.99. The van der Waals surface area contributed by atoms with Crippen molar-refractivity contribution in [2.45, 2.75) is 12.5 Å². The Bertz CT molecular complexity index is 474. The molecular weight excluding hydrogens is 210 g/mol. The van der Waals surface area contributed by atoms with Gasteiger partial charge in [-0.2, -0.15) is 0 Å². The SMILES string of the molecule is O=C1OC2CCN3CC=CC3=C2C(=O)C1=O. The first kappa shape index (κ1) is 9.33. The normalized spacial score (nSPS) is 28.1. The molecule has 1 saturated heterocycles. The van der Waals surface area contributed by atoms with E-state index >= 15 is 0 Å². The minimum absolute atomic E-state index is 0.351. The summed E-state index contributed by atoms with van der Waals surface area (Å²) >= 11 is 0. The zero-order chi connectivity index (χ0) is 11.3. The van der Waals surface area contributed by atoms with Gasteiger partial charge in [-0.1, -0.05) is 6.08 Å². The van der Waals surface area contributed by atoms with Crippen LogP contribution < -0.4 is 0 Å². The molecule has 3 rings (SSSR count). The molecule has 0 spiro atoms. The van der Waals surface area contributed by atoms with Crippen LogP contribution in [0.2, 0.25) is 0 Å². The predicted octanol–water partition coefficient (Wildman–Crippen LogP) is -0.420. The van der Waals surface area contributed by atoms with E-state index in [1.165, 1.54) is 0 Å². The fourth-order valence-corrected chi connectivity index (χ4v) is 2.33. The van der Waals surface area contributed by atoms with E-state index in [-0.39, 0.29) is 0 Å². The van der Waals surface area contributed by atoms with Crippen LogP contribution in [0.4, 0.5) is 0 Å². The molecule has 0 aromatic rings. The molecule has 82 valence electrons. The van der Waals surface area contributed by atoms with E-state index in [1.54, 1.807) is 0 Å². The van der Waals surface area contributed by atoms with Crippen LogP contribution in [0.5, 0.6) is 0 Å².